The van der Waals surface area contributed by atoms with Gasteiger partial charge in [0, 0.05) is 22.3 Å². The summed E-state index contributed by atoms with van der Waals surface area (Å²) in [7, 11) is 0. The fraction of sp³-hybridized carbons (Fsp3) is 0.222. The van der Waals surface area contributed by atoms with E-state index in [9.17, 15) is 9.59 Å². The minimum absolute atomic E-state index is 0.0849. The number of carbonyl (C=O) groups excluding carboxylic acids is 2. The Hall–Kier alpha value is -2.14. The van der Waals surface area contributed by atoms with Gasteiger partial charge in [-0.25, -0.2) is 0 Å². The van der Waals surface area contributed by atoms with Crippen LogP contribution in [0.1, 0.15) is 22.8 Å². The number of carbonyl (C=O) groups is 2. The number of nitrogens with zero attached hydrogens (tertiary/aromatic N) is 1. The van der Waals surface area contributed by atoms with Crippen LogP contribution in [0.5, 0.6) is 0 Å². The largest absolute Gasteiger partial charge is 0.341 e. The molecular formula is C18H17BrN2O2. The summed E-state index contributed by atoms with van der Waals surface area (Å²) in [5.41, 5.74) is 2.65. The highest BCUT2D eigenvalue weighted by molar-refractivity contribution is 9.10. The lowest BCUT2D eigenvalue weighted by Crippen LogP contribution is -2.46. The van der Waals surface area contributed by atoms with Crippen molar-refractivity contribution in [2.45, 2.75) is 19.4 Å². The lowest BCUT2D eigenvalue weighted by Gasteiger charge is -2.22. The molecule has 5 heteroatoms. The molecule has 23 heavy (non-hydrogen) atoms. The molecule has 0 saturated carbocycles. The van der Waals surface area contributed by atoms with Gasteiger partial charge in [-0.2, -0.15) is 0 Å². The van der Waals surface area contributed by atoms with E-state index in [1.165, 1.54) is 5.56 Å². The van der Waals surface area contributed by atoms with Crippen LogP contribution in [0, 0.1) is 0 Å². The average Bonchev–Trinajstić information content (AvgIpc) is 2.98. The Bertz CT molecular complexity index is 760. The molecule has 0 aromatic heterocycles. The van der Waals surface area contributed by atoms with E-state index in [1.54, 1.807) is 30.0 Å². The number of hydrogen-bond acceptors (Lipinski definition) is 2. The van der Waals surface area contributed by atoms with Gasteiger partial charge in [0.05, 0.1) is 0 Å². The van der Waals surface area contributed by atoms with Crippen LogP contribution in [0.3, 0.4) is 0 Å². The number of para-hydroxylation sites is 1. The molecule has 118 valence electrons. The third-order valence-corrected chi connectivity index (χ3v) is 4.45. The van der Waals surface area contributed by atoms with Crippen molar-refractivity contribution in [3.8, 4) is 0 Å². The van der Waals surface area contributed by atoms with Crippen LogP contribution in [-0.4, -0.2) is 24.4 Å². The topological polar surface area (TPSA) is 49.4 Å². The smallest absolute Gasteiger partial charge is 0.251 e. The minimum Gasteiger partial charge on any atom is -0.341 e. The molecule has 1 heterocycles. The molecule has 2 aromatic carbocycles. The van der Waals surface area contributed by atoms with Crippen LogP contribution in [-0.2, 0) is 11.2 Å². The van der Waals surface area contributed by atoms with Crippen molar-refractivity contribution in [2.24, 2.45) is 0 Å². The molecule has 0 aliphatic carbocycles. The summed E-state index contributed by atoms with van der Waals surface area (Å²) >= 11 is 3.34. The summed E-state index contributed by atoms with van der Waals surface area (Å²) in [4.78, 5) is 26.7. The quantitative estimate of drug-likeness (QED) is 0.899. The SMILES string of the molecule is C[C@H](NC(=O)c1cccc(Br)c1)C(=O)N1CCc2ccccc21. The zero-order valence-electron chi connectivity index (χ0n) is 12.8. The fourth-order valence-electron chi connectivity index (χ4n) is 2.77. The molecule has 0 unspecified atom stereocenters. The molecule has 0 bridgehead atoms. The van der Waals surface area contributed by atoms with Gasteiger partial charge in [-0.05, 0) is 43.2 Å². The third kappa shape index (κ3) is 3.29. The third-order valence-electron chi connectivity index (χ3n) is 3.96. The Kier molecular flexibility index (Phi) is 4.48. The van der Waals surface area contributed by atoms with Crippen LogP contribution >= 0.6 is 15.9 Å². The molecule has 1 N–H and O–H groups in total. The maximum Gasteiger partial charge on any atom is 0.251 e. The van der Waals surface area contributed by atoms with Gasteiger partial charge in [0.2, 0.25) is 5.91 Å². The number of anilines is 1. The molecule has 1 aliphatic heterocycles. The normalized spacial score (nSPS) is 14.3. The summed E-state index contributed by atoms with van der Waals surface area (Å²) in [6.45, 7) is 2.38. The van der Waals surface area contributed by atoms with Crippen molar-refractivity contribution in [3.63, 3.8) is 0 Å². The number of nitrogens with one attached hydrogen (secondary N) is 1. The first-order chi connectivity index (χ1) is 11.1. The average molecular weight is 373 g/mol. The monoisotopic (exact) mass is 372 g/mol. The summed E-state index contributed by atoms with van der Waals surface area (Å²) in [6, 6.07) is 14.4. The van der Waals surface area contributed by atoms with Crippen molar-refractivity contribution < 1.29 is 9.59 Å². The van der Waals surface area contributed by atoms with Gasteiger partial charge >= 0.3 is 0 Å². The second kappa shape index (κ2) is 6.54. The number of halogens is 1. The molecule has 0 radical (unpaired) electrons. The molecule has 2 aromatic rings. The van der Waals surface area contributed by atoms with E-state index in [0.29, 0.717) is 12.1 Å². The van der Waals surface area contributed by atoms with Crippen LogP contribution in [0.25, 0.3) is 0 Å². The van der Waals surface area contributed by atoms with Crippen molar-refractivity contribution in [1.29, 1.82) is 0 Å². The predicted molar refractivity (Wildman–Crippen MR) is 93.6 cm³/mol. The van der Waals surface area contributed by atoms with Gasteiger partial charge in [-0.1, -0.05) is 40.2 Å². The van der Waals surface area contributed by atoms with Crippen LogP contribution in [0.2, 0.25) is 0 Å². The standard InChI is InChI=1S/C18H17BrN2O2/c1-12(20-17(22)14-6-4-7-15(19)11-14)18(23)21-10-9-13-5-2-3-8-16(13)21/h2-8,11-12H,9-10H2,1H3,(H,20,22)/t12-/m0/s1. The summed E-state index contributed by atoms with van der Waals surface area (Å²) in [5.74, 6) is -0.335. The molecule has 0 spiro atoms. The van der Waals surface area contributed by atoms with E-state index >= 15 is 0 Å². The van der Waals surface area contributed by atoms with Gasteiger partial charge < -0.3 is 10.2 Å². The Labute approximate surface area is 143 Å². The molecule has 1 atom stereocenters. The second-order valence-corrected chi connectivity index (χ2v) is 6.49. The maximum atomic E-state index is 12.6. The molecule has 0 fully saturated rings. The molecular weight excluding hydrogens is 356 g/mol. The summed E-state index contributed by atoms with van der Waals surface area (Å²) in [6.07, 6.45) is 0.855. The van der Waals surface area contributed by atoms with Gasteiger partial charge in [0.1, 0.15) is 6.04 Å². The minimum atomic E-state index is -0.576. The number of fused-ring (bicyclic) bond motifs is 1. The predicted octanol–water partition coefficient (Wildman–Crippen LogP) is 3.16. The first kappa shape index (κ1) is 15.7. The maximum absolute atomic E-state index is 12.6. The Morgan fingerprint density at radius 3 is 2.74 bits per heavy atom. The van der Waals surface area contributed by atoms with E-state index in [-0.39, 0.29) is 11.8 Å². The van der Waals surface area contributed by atoms with E-state index < -0.39 is 6.04 Å². The Morgan fingerprint density at radius 2 is 1.96 bits per heavy atom. The van der Waals surface area contributed by atoms with Crippen molar-refractivity contribution >= 4 is 33.4 Å². The first-order valence-corrected chi connectivity index (χ1v) is 8.31. The van der Waals surface area contributed by atoms with Crippen LogP contribution in [0.4, 0.5) is 5.69 Å². The zero-order chi connectivity index (χ0) is 16.4. The Morgan fingerprint density at radius 1 is 1.17 bits per heavy atom. The Balaban J connectivity index is 1.70. The summed E-state index contributed by atoms with van der Waals surface area (Å²) < 4.78 is 0.831. The molecule has 2 amide bonds. The van der Waals surface area contributed by atoms with Gasteiger partial charge in [0.15, 0.2) is 0 Å². The molecule has 1 aliphatic rings. The summed E-state index contributed by atoms with van der Waals surface area (Å²) in [5, 5.41) is 2.78. The second-order valence-electron chi connectivity index (χ2n) is 5.57. The lowest BCUT2D eigenvalue weighted by atomic mass is 10.1. The highest BCUT2D eigenvalue weighted by Crippen LogP contribution is 2.27. The number of hydrogen-bond donors (Lipinski definition) is 1. The van der Waals surface area contributed by atoms with E-state index in [1.807, 2.05) is 30.3 Å². The highest BCUT2D eigenvalue weighted by Gasteiger charge is 2.28. The van der Waals surface area contributed by atoms with Gasteiger partial charge in [-0.15, -0.1) is 0 Å². The fourth-order valence-corrected chi connectivity index (χ4v) is 3.17. The van der Waals surface area contributed by atoms with Crippen molar-refractivity contribution in [3.05, 3.63) is 64.1 Å². The van der Waals surface area contributed by atoms with Gasteiger partial charge in [-0.3, -0.25) is 9.59 Å². The van der Waals surface area contributed by atoms with E-state index in [4.69, 9.17) is 0 Å². The number of amides is 2. The van der Waals surface area contributed by atoms with Crippen molar-refractivity contribution in [2.75, 3.05) is 11.4 Å². The van der Waals surface area contributed by atoms with Crippen molar-refractivity contribution in [1.82, 2.24) is 5.32 Å². The van der Waals surface area contributed by atoms with Crippen LogP contribution < -0.4 is 10.2 Å². The highest BCUT2D eigenvalue weighted by atomic mass is 79.9. The molecule has 0 saturated heterocycles. The molecule has 3 rings (SSSR count). The molecule has 4 nitrogen and oxygen atoms in total. The lowest BCUT2D eigenvalue weighted by molar-refractivity contribution is -0.119. The van der Waals surface area contributed by atoms with Crippen LogP contribution in [0.15, 0.2) is 53.0 Å². The van der Waals surface area contributed by atoms with E-state index in [2.05, 4.69) is 21.2 Å². The van der Waals surface area contributed by atoms with Gasteiger partial charge in [0.25, 0.3) is 5.91 Å². The van der Waals surface area contributed by atoms with E-state index in [0.717, 1.165) is 16.6 Å². The number of rotatable bonds is 3. The number of benzene rings is 2. The first-order valence-electron chi connectivity index (χ1n) is 7.52. The zero-order valence-corrected chi connectivity index (χ0v) is 14.3.